The summed E-state index contributed by atoms with van der Waals surface area (Å²) in [4.78, 5) is 25.8. The van der Waals surface area contributed by atoms with Gasteiger partial charge in [0, 0.05) is 23.9 Å². The Balaban J connectivity index is 1.77. The number of rotatable bonds is 5. The number of aromatic nitrogens is 3. The molecule has 1 amide bonds. The Morgan fingerprint density at radius 1 is 1.12 bits per heavy atom. The molecule has 6 heteroatoms. The van der Waals surface area contributed by atoms with Crippen LogP contribution in [-0.4, -0.2) is 27.0 Å². The highest BCUT2D eigenvalue weighted by molar-refractivity contribution is 5.97. The van der Waals surface area contributed by atoms with E-state index < -0.39 is 0 Å². The molecule has 2 heterocycles. The normalized spacial score (nSPS) is 11.0. The summed E-state index contributed by atoms with van der Waals surface area (Å²) in [5.41, 5.74) is 4.63. The summed E-state index contributed by atoms with van der Waals surface area (Å²) in [6.07, 6.45) is 1.69. The molecule has 0 saturated heterocycles. The highest BCUT2D eigenvalue weighted by Crippen LogP contribution is 2.17. The zero-order chi connectivity index (χ0) is 18.7. The molecule has 1 aromatic carbocycles. The molecule has 3 rings (SSSR count). The van der Waals surface area contributed by atoms with Crippen molar-refractivity contribution in [2.45, 2.75) is 40.3 Å². The number of nitrogens with zero attached hydrogens (tertiary/aromatic N) is 3. The van der Waals surface area contributed by atoms with Gasteiger partial charge in [-0.1, -0.05) is 6.07 Å². The zero-order valence-electron chi connectivity index (χ0n) is 15.4. The summed E-state index contributed by atoms with van der Waals surface area (Å²) in [5.74, 6) is 0.365. The highest BCUT2D eigenvalue weighted by atomic mass is 16.5. The Labute approximate surface area is 152 Å². The van der Waals surface area contributed by atoms with Crippen LogP contribution in [0.2, 0.25) is 0 Å². The predicted molar refractivity (Wildman–Crippen MR) is 100 cm³/mol. The van der Waals surface area contributed by atoms with Crippen LogP contribution in [0.3, 0.4) is 0 Å². The number of fused-ring (bicyclic) bond motifs is 1. The van der Waals surface area contributed by atoms with E-state index in [1.807, 2.05) is 45.9 Å². The van der Waals surface area contributed by atoms with Crippen molar-refractivity contribution in [1.29, 1.82) is 0 Å². The van der Waals surface area contributed by atoms with E-state index in [1.165, 1.54) is 0 Å². The third kappa shape index (κ3) is 3.96. The van der Waals surface area contributed by atoms with Gasteiger partial charge in [0.2, 0.25) is 5.88 Å². The van der Waals surface area contributed by atoms with Crippen molar-refractivity contribution in [3.05, 3.63) is 59.0 Å². The smallest absolute Gasteiger partial charge is 0.251 e. The van der Waals surface area contributed by atoms with Gasteiger partial charge in [0.15, 0.2) is 0 Å². The van der Waals surface area contributed by atoms with E-state index in [0.717, 1.165) is 22.5 Å². The Morgan fingerprint density at radius 2 is 1.85 bits per heavy atom. The molecule has 6 nitrogen and oxygen atoms in total. The number of nitrogens with one attached hydrogen (secondary N) is 1. The Kier molecular flexibility index (Phi) is 5.11. The van der Waals surface area contributed by atoms with E-state index in [1.54, 1.807) is 18.3 Å². The second-order valence-corrected chi connectivity index (χ2v) is 6.41. The molecule has 134 valence electrons. The highest BCUT2D eigenvalue weighted by Gasteiger charge is 2.11. The first-order valence-electron chi connectivity index (χ1n) is 8.58. The third-order valence-corrected chi connectivity index (χ3v) is 3.97. The number of benzene rings is 1. The van der Waals surface area contributed by atoms with Crippen molar-refractivity contribution in [1.82, 2.24) is 20.3 Å². The van der Waals surface area contributed by atoms with Gasteiger partial charge in [0.25, 0.3) is 5.91 Å². The monoisotopic (exact) mass is 350 g/mol. The number of ether oxygens (including phenoxy) is 1. The quantitative estimate of drug-likeness (QED) is 0.763. The minimum Gasteiger partial charge on any atom is -0.475 e. The van der Waals surface area contributed by atoms with Crippen LogP contribution in [0.5, 0.6) is 5.88 Å². The van der Waals surface area contributed by atoms with Gasteiger partial charge in [-0.15, -0.1) is 0 Å². The molecule has 0 aliphatic rings. The lowest BCUT2D eigenvalue weighted by molar-refractivity contribution is 0.0950. The minimum absolute atomic E-state index is 0.0186. The van der Waals surface area contributed by atoms with Crippen LogP contribution in [0, 0.1) is 13.8 Å². The van der Waals surface area contributed by atoms with Crippen molar-refractivity contribution < 1.29 is 9.53 Å². The maximum atomic E-state index is 12.5. The lowest BCUT2D eigenvalue weighted by Gasteiger charge is -2.13. The molecule has 0 atom stereocenters. The van der Waals surface area contributed by atoms with E-state index in [9.17, 15) is 4.79 Å². The van der Waals surface area contributed by atoms with E-state index in [2.05, 4.69) is 20.3 Å². The van der Waals surface area contributed by atoms with Crippen molar-refractivity contribution in [3.63, 3.8) is 0 Å². The summed E-state index contributed by atoms with van der Waals surface area (Å²) < 4.78 is 5.68. The van der Waals surface area contributed by atoms with Crippen molar-refractivity contribution in [3.8, 4) is 5.88 Å². The first kappa shape index (κ1) is 17.8. The SMILES string of the molecule is Cc1nc2ccc(C(=O)NCc3cccnc3OC(C)C)cc2nc1C. The number of amides is 1. The zero-order valence-corrected chi connectivity index (χ0v) is 15.4. The Bertz CT molecular complexity index is 954. The molecule has 0 saturated carbocycles. The first-order valence-corrected chi connectivity index (χ1v) is 8.58. The average molecular weight is 350 g/mol. The molecule has 3 aromatic rings. The molecular formula is C20H22N4O2. The molecule has 0 bridgehead atoms. The van der Waals surface area contributed by atoms with Gasteiger partial charge < -0.3 is 10.1 Å². The Morgan fingerprint density at radius 3 is 2.58 bits per heavy atom. The van der Waals surface area contributed by atoms with E-state index in [0.29, 0.717) is 23.5 Å². The molecule has 1 N–H and O–H groups in total. The van der Waals surface area contributed by atoms with Gasteiger partial charge >= 0.3 is 0 Å². The molecule has 0 unspecified atom stereocenters. The summed E-state index contributed by atoms with van der Waals surface area (Å²) in [7, 11) is 0. The molecule has 0 fully saturated rings. The predicted octanol–water partition coefficient (Wildman–Crippen LogP) is 3.36. The summed E-state index contributed by atoms with van der Waals surface area (Å²) >= 11 is 0. The van der Waals surface area contributed by atoms with Crippen LogP contribution in [-0.2, 0) is 6.54 Å². The molecule has 26 heavy (non-hydrogen) atoms. The maximum Gasteiger partial charge on any atom is 0.251 e. The largest absolute Gasteiger partial charge is 0.475 e. The fourth-order valence-electron chi connectivity index (χ4n) is 2.54. The van der Waals surface area contributed by atoms with E-state index >= 15 is 0 Å². The van der Waals surface area contributed by atoms with E-state index in [-0.39, 0.29) is 12.0 Å². The molecule has 0 aliphatic heterocycles. The average Bonchev–Trinajstić information content (AvgIpc) is 2.61. The molecule has 0 aliphatic carbocycles. The molecule has 0 spiro atoms. The van der Waals surface area contributed by atoms with Gasteiger partial charge in [-0.2, -0.15) is 0 Å². The standard InChI is InChI=1S/C20H22N4O2/c1-12(2)26-20-16(6-5-9-21-20)11-22-19(25)15-7-8-17-18(10-15)24-14(4)13(3)23-17/h5-10,12H,11H2,1-4H3,(H,22,25). The topological polar surface area (TPSA) is 77.0 Å². The van der Waals surface area contributed by atoms with Crippen LogP contribution in [0.1, 0.15) is 41.2 Å². The van der Waals surface area contributed by atoms with Crippen molar-refractivity contribution >= 4 is 16.9 Å². The second-order valence-electron chi connectivity index (χ2n) is 6.41. The van der Waals surface area contributed by atoms with Crippen LogP contribution in [0.25, 0.3) is 11.0 Å². The van der Waals surface area contributed by atoms with Crippen LogP contribution in [0.15, 0.2) is 36.5 Å². The number of carbonyl (C=O) groups is 1. The van der Waals surface area contributed by atoms with Gasteiger partial charge in [-0.05, 0) is 52.0 Å². The number of pyridine rings is 1. The van der Waals surface area contributed by atoms with Gasteiger partial charge in [-0.25, -0.2) is 15.0 Å². The summed E-state index contributed by atoms with van der Waals surface area (Å²) in [6.45, 7) is 8.05. The van der Waals surface area contributed by atoms with Crippen LogP contribution >= 0.6 is 0 Å². The first-order chi connectivity index (χ1) is 12.4. The van der Waals surface area contributed by atoms with Gasteiger partial charge in [0.05, 0.1) is 28.5 Å². The lowest BCUT2D eigenvalue weighted by Crippen LogP contribution is -2.23. The Hall–Kier alpha value is -3.02. The van der Waals surface area contributed by atoms with Gasteiger partial charge in [0.1, 0.15) is 0 Å². The van der Waals surface area contributed by atoms with E-state index in [4.69, 9.17) is 4.74 Å². The van der Waals surface area contributed by atoms with Crippen LogP contribution < -0.4 is 10.1 Å². The minimum atomic E-state index is -0.175. The number of carbonyl (C=O) groups excluding carboxylic acids is 1. The third-order valence-electron chi connectivity index (χ3n) is 3.97. The van der Waals surface area contributed by atoms with Gasteiger partial charge in [-0.3, -0.25) is 4.79 Å². The second kappa shape index (κ2) is 7.47. The van der Waals surface area contributed by atoms with Crippen molar-refractivity contribution in [2.24, 2.45) is 0 Å². The fourth-order valence-corrected chi connectivity index (χ4v) is 2.54. The summed E-state index contributed by atoms with van der Waals surface area (Å²) in [5, 5.41) is 2.91. The van der Waals surface area contributed by atoms with Crippen molar-refractivity contribution in [2.75, 3.05) is 0 Å². The number of hydrogen-bond donors (Lipinski definition) is 1. The number of aryl methyl sites for hydroxylation is 2. The molecular weight excluding hydrogens is 328 g/mol. The number of hydrogen-bond acceptors (Lipinski definition) is 5. The lowest BCUT2D eigenvalue weighted by atomic mass is 10.1. The maximum absolute atomic E-state index is 12.5. The fraction of sp³-hybridized carbons (Fsp3) is 0.300. The molecule has 2 aromatic heterocycles. The van der Waals surface area contributed by atoms with Crippen LogP contribution in [0.4, 0.5) is 0 Å². The summed E-state index contributed by atoms with van der Waals surface area (Å²) in [6, 6.07) is 9.06. The molecule has 0 radical (unpaired) electrons.